The van der Waals surface area contributed by atoms with Crippen molar-refractivity contribution in [1.29, 1.82) is 0 Å². The average Bonchev–Trinajstić information content (AvgIpc) is 3.36. The molecule has 1 aromatic heterocycles. The lowest BCUT2D eigenvalue weighted by Crippen LogP contribution is -2.36. The second kappa shape index (κ2) is 12.9. The average molecular weight is 597 g/mol. The zero-order chi connectivity index (χ0) is 29.7. The molecule has 0 radical (unpaired) electrons. The number of anilines is 1. The Hall–Kier alpha value is -3.95. The number of rotatable bonds is 6. The number of allylic oxidation sites excluding steroid dienone is 2. The highest BCUT2D eigenvalue weighted by molar-refractivity contribution is 8.03. The van der Waals surface area contributed by atoms with E-state index < -0.39 is 10.1 Å². The van der Waals surface area contributed by atoms with Crippen molar-refractivity contribution in [3.63, 3.8) is 0 Å². The molecular weight excluding hydrogens is 565 g/mol. The molecule has 0 spiro atoms. The summed E-state index contributed by atoms with van der Waals surface area (Å²) in [5.74, 6) is 0. The number of aromatic nitrogens is 1. The third-order valence-electron chi connectivity index (χ3n) is 7.05. The van der Waals surface area contributed by atoms with Gasteiger partial charge in [0.15, 0.2) is 12.7 Å². The predicted molar refractivity (Wildman–Crippen MR) is 170 cm³/mol. The summed E-state index contributed by atoms with van der Waals surface area (Å²) < 4.78 is 33.3. The summed E-state index contributed by atoms with van der Waals surface area (Å²) >= 11 is 1.84. The van der Waals surface area contributed by atoms with E-state index in [1.54, 1.807) is 12.1 Å². The molecule has 2 heterocycles. The summed E-state index contributed by atoms with van der Waals surface area (Å²) in [5.41, 5.74) is 4.56. The van der Waals surface area contributed by atoms with Crippen molar-refractivity contribution in [1.82, 2.24) is 0 Å². The molecular formula is C34H32N2O4S2. The Morgan fingerprint density at radius 3 is 2.36 bits per heavy atom. The Kier molecular flexibility index (Phi) is 9.09. The van der Waals surface area contributed by atoms with Gasteiger partial charge in [0.05, 0.1) is 21.0 Å². The van der Waals surface area contributed by atoms with Gasteiger partial charge in [-0.2, -0.15) is 4.57 Å². The fraction of sp³-hybridized carbons (Fsp3) is 0.147. The number of para-hydroxylation sites is 1. The van der Waals surface area contributed by atoms with Crippen LogP contribution in [0.25, 0.3) is 27.8 Å². The number of aliphatic hydroxyl groups excluding tert-OH is 1. The van der Waals surface area contributed by atoms with Crippen LogP contribution in [0.1, 0.15) is 18.1 Å². The molecule has 0 saturated carbocycles. The van der Waals surface area contributed by atoms with Crippen LogP contribution < -0.4 is 9.47 Å². The Bertz CT molecular complexity index is 1900. The zero-order valence-electron chi connectivity index (χ0n) is 23.5. The number of nitrogens with zero attached hydrogens (tertiary/aromatic N) is 2. The molecule has 0 atom stereocenters. The maximum atomic E-state index is 10.4. The van der Waals surface area contributed by atoms with Crippen LogP contribution >= 0.6 is 11.8 Å². The highest BCUT2D eigenvalue weighted by Crippen LogP contribution is 2.49. The normalized spacial score (nSPS) is 14.0. The van der Waals surface area contributed by atoms with Crippen molar-refractivity contribution in [3.05, 3.63) is 126 Å². The molecule has 1 aliphatic rings. The van der Waals surface area contributed by atoms with Crippen molar-refractivity contribution < 1.29 is 22.6 Å². The SMILES string of the molecule is CCN1C(=CC=Cc2cc[n+](CCO)c3ccccc23)Sc2ccc3ccccc3c21.Cc1ccc(S(=O)(=O)[O-])cc1. The van der Waals surface area contributed by atoms with E-state index >= 15 is 0 Å². The number of hydrogen-bond donors (Lipinski definition) is 1. The van der Waals surface area contributed by atoms with Gasteiger partial charge in [0, 0.05) is 29.0 Å². The summed E-state index contributed by atoms with van der Waals surface area (Å²) in [7, 11) is -4.27. The first kappa shape index (κ1) is 29.5. The van der Waals surface area contributed by atoms with E-state index in [0.29, 0.717) is 6.54 Å². The zero-order valence-corrected chi connectivity index (χ0v) is 25.1. The van der Waals surface area contributed by atoms with Gasteiger partial charge in [0.1, 0.15) is 16.7 Å². The summed E-state index contributed by atoms with van der Waals surface area (Å²) in [6.45, 7) is 5.70. The first-order chi connectivity index (χ1) is 20.3. The van der Waals surface area contributed by atoms with E-state index in [1.165, 1.54) is 49.5 Å². The molecule has 0 aliphatic carbocycles. The van der Waals surface area contributed by atoms with E-state index in [9.17, 15) is 18.1 Å². The molecule has 0 bridgehead atoms. The fourth-order valence-corrected chi connectivity index (χ4v) is 6.63. The van der Waals surface area contributed by atoms with Crippen LogP contribution in [0.2, 0.25) is 0 Å². The number of aryl methyl sites for hydroxylation is 1. The second-order valence-corrected chi connectivity index (χ2v) is 12.3. The molecule has 0 amide bonds. The summed E-state index contributed by atoms with van der Waals surface area (Å²) in [5, 5.41) is 14.4. The number of fused-ring (bicyclic) bond motifs is 4. The van der Waals surface area contributed by atoms with Gasteiger partial charge in [-0.1, -0.05) is 84.1 Å². The van der Waals surface area contributed by atoms with Crippen molar-refractivity contribution in [3.8, 4) is 0 Å². The Morgan fingerprint density at radius 1 is 0.929 bits per heavy atom. The molecule has 5 aromatic rings. The first-order valence-electron chi connectivity index (χ1n) is 13.7. The van der Waals surface area contributed by atoms with Crippen LogP contribution in [0, 0.1) is 6.92 Å². The van der Waals surface area contributed by atoms with E-state index in [2.05, 4.69) is 101 Å². The minimum absolute atomic E-state index is 0.134. The minimum Gasteiger partial charge on any atom is -0.744 e. The Morgan fingerprint density at radius 2 is 1.64 bits per heavy atom. The summed E-state index contributed by atoms with van der Waals surface area (Å²) in [6, 6.07) is 29.3. The van der Waals surface area contributed by atoms with Crippen molar-refractivity contribution in [2.45, 2.75) is 30.2 Å². The highest BCUT2D eigenvalue weighted by Gasteiger charge is 2.25. The molecule has 4 aromatic carbocycles. The van der Waals surface area contributed by atoms with Crippen LogP contribution in [0.15, 0.2) is 124 Å². The third-order valence-corrected chi connectivity index (χ3v) is 9.02. The Balaban J connectivity index is 0.000000271. The molecule has 6 nitrogen and oxygen atoms in total. The summed E-state index contributed by atoms with van der Waals surface area (Å²) in [6.07, 6.45) is 8.59. The van der Waals surface area contributed by atoms with Crippen LogP contribution in [0.3, 0.4) is 0 Å². The van der Waals surface area contributed by atoms with E-state index in [4.69, 9.17) is 0 Å². The molecule has 42 heavy (non-hydrogen) atoms. The van der Waals surface area contributed by atoms with Crippen molar-refractivity contribution in [2.75, 3.05) is 18.1 Å². The van der Waals surface area contributed by atoms with E-state index in [0.717, 1.165) is 17.6 Å². The predicted octanol–water partition coefficient (Wildman–Crippen LogP) is 6.66. The van der Waals surface area contributed by atoms with Gasteiger partial charge in [-0.25, -0.2) is 8.42 Å². The number of hydrogen-bond acceptors (Lipinski definition) is 6. The molecule has 8 heteroatoms. The molecule has 1 aliphatic heterocycles. The number of pyridine rings is 1. The van der Waals surface area contributed by atoms with Gasteiger partial charge < -0.3 is 14.6 Å². The van der Waals surface area contributed by atoms with Crippen LogP contribution in [-0.2, 0) is 16.7 Å². The number of thioether (sulfide) groups is 1. The third kappa shape index (κ3) is 6.42. The fourth-order valence-electron chi connectivity index (χ4n) is 5.01. The largest absolute Gasteiger partial charge is 0.744 e. The molecule has 0 saturated heterocycles. The van der Waals surface area contributed by atoms with Gasteiger partial charge >= 0.3 is 0 Å². The standard InChI is InChI=1S/C27H25N2OS.C7H8O3S/c1-2-29-26(31-25-15-14-20-8-3-4-11-23(20)27(25)29)13-7-9-21-16-17-28(18-19-30)24-12-6-5-10-22(21)24;1-6-2-4-7(5-3-6)11(8,9)10/h3-17,30H,2,18-19H2,1H3;2-5H,1H3,(H,8,9,10)/q+1;/p-1. The van der Waals surface area contributed by atoms with Gasteiger partial charge in [0.25, 0.3) is 0 Å². The van der Waals surface area contributed by atoms with Crippen LogP contribution in [0.5, 0.6) is 0 Å². The van der Waals surface area contributed by atoms with Gasteiger partial charge in [-0.3, -0.25) is 0 Å². The topological polar surface area (TPSA) is 84.5 Å². The maximum Gasteiger partial charge on any atom is 0.213 e. The van der Waals surface area contributed by atoms with Gasteiger partial charge in [-0.15, -0.1) is 0 Å². The monoisotopic (exact) mass is 596 g/mol. The maximum absolute atomic E-state index is 10.4. The number of benzene rings is 4. The van der Waals surface area contributed by atoms with Crippen molar-refractivity contribution >= 4 is 55.3 Å². The molecule has 6 rings (SSSR count). The van der Waals surface area contributed by atoms with E-state index in [1.807, 2.05) is 24.8 Å². The number of aliphatic hydroxyl groups is 1. The Labute approximate surface area is 251 Å². The van der Waals surface area contributed by atoms with Crippen molar-refractivity contribution in [2.24, 2.45) is 0 Å². The highest BCUT2D eigenvalue weighted by atomic mass is 32.2. The molecule has 0 fully saturated rings. The summed E-state index contributed by atoms with van der Waals surface area (Å²) in [4.78, 5) is 3.55. The lowest BCUT2D eigenvalue weighted by Gasteiger charge is -2.19. The quantitative estimate of drug-likeness (QED) is 0.174. The minimum atomic E-state index is -4.27. The van der Waals surface area contributed by atoms with Gasteiger partial charge in [0.2, 0.25) is 5.52 Å². The lowest BCUT2D eigenvalue weighted by atomic mass is 10.1. The molecule has 214 valence electrons. The molecule has 1 N–H and O–H groups in total. The van der Waals surface area contributed by atoms with Gasteiger partial charge in [-0.05, 0) is 55.1 Å². The molecule has 0 unspecified atom stereocenters. The lowest BCUT2D eigenvalue weighted by molar-refractivity contribution is -0.672. The van der Waals surface area contributed by atoms with Crippen LogP contribution in [-0.4, -0.2) is 31.2 Å². The smallest absolute Gasteiger partial charge is 0.213 e. The van der Waals surface area contributed by atoms with Crippen LogP contribution in [0.4, 0.5) is 5.69 Å². The first-order valence-corrected chi connectivity index (χ1v) is 15.9. The van der Waals surface area contributed by atoms with E-state index in [-0.39, 0.29) is 11.5 Å². The second-order valence-electron chi connectivity index (χ2n) is 9.82.